The van der Waals surface area contributed by atoms with E-state index < -0.39 is 0 Å². The highest BCUT2D eigenvalue weighted by molar-refractivity contribution is 6.32. The highest BCUT2D eigenvalue weighted by Gasteiger charge is 2.12. The van der Waals surface area contributed by atoms with E-state index in [0.29, 0.717) is 22.2 Å². The van der Waals surface area contributed by atoms with Gasteiger partial charge >= 0.3 is 0 Å². The van der Waals surface area contributed by atoms with Crippen molar-refractivity contribution in [2.75, 3.05) is 31.4 Å². The third-order valence-electron chi connectivity index (χ3n) is 4.19. The number of hydrogen-bond donors (Lipinski definition) is 2. The van der Waals surface area contributed by atoms with E-state index >= 15 is 0 Å². The first-order valence-corrected chi connectivity index (χ1v) is 9.59. The molecule has 3 aromatic rings. The highest BCUT2D eigenvalue weighted by atomic mass is 35.5. The minimum Gasteiger partial charge on any atom is -0.495 e. The molecule has 1 amide bonds. The maximum Gasteiger partial charge on any atom is 0.243 e. The quantitative estimate of drug-likeness (QED) is 0.562. The lowest BCUT2D eigenvalue weighted by Crippen LogP contribution is -2.22. The predicted octanol–water partition coefficient (Wildman–Crippen LogP) is 4.81. The summed E-state index contributed by atoms with van der Waals surface area (Å²) < 4.78 is 10.5. The van der Waals surface area contributed by atoms with Crippen LogP contribution in [0.4, 0.5) is 11.4 Å². The summed E-state index contributed by atoms with van der Waals surface area (Å²) in [6.07, 6.45) is 0. The van der Waals surface area contributed by atoms with Crippen molar-refractivity contribution in [2.24, 2.45) is 0 Å². The van der Waals surface area contributed by atoms with Crippen LogP contribution in [-0.2, 0) is 4.79 Å². The van der Waals surface area contributed by atoms with E-state index in [0.717, 1.165) is 16.8 Å². The van der Waals surface area contributed by atoms with Crippen molar-refractivity contribution < 1.29 is 14.3 Å². The van der Waals surface area contributed by atoms with Crippen molar-refractivity contribution >= 4 is 28.9 Å². The summed E-state index contributed by atoms with van der Waals surface area (Å²) in [5, 5.41) is 6.31. The third-order valence-corrected chi connectivity index (χ3v) is 4.48. The zero-order valence-electron chi connectivity index (χ0n) is 16.7. The molecule has 152 valence electrons. The van der Waals surface area contributed by atoms with Crippen molar-refractivity contribution in [3.05, 3.63) is 82.9 Å². The number of nitrogens with one attached hydrogen (secondary N) is 2. The Kier molecular flexibility index (Phi) is 7.20. The number of carbonyl (C=O) groups is 1. The molecule has 0 radical (unpaired) electrons. The molecule has 2 N–H and O–H groups in total. The number of halogens is 1. The van der Waals surface area contributed by atoms with Gasteiger partial charge in [-0.05, 0) is 30.3 Å². The van der Waals surface area contributed by atoms with Gasteiger partial charge in [0.2, 0.25) is 5.91 Å². The van der Waals surface area contributed by atoms with Crippen molar-refractivity contribution in [3.63, 3.8) is 0 Å². The SMILES string of the molecule is COc1cc(NC(=O)CNc2cccc(C#Cc3ccccc3)c2)c(OC)cc1Cl. The fraction of sp³-hybridized carbons (Fsp3) is 0.125. The van der Waals surface area contributed by atoms with Crippen LogP contribution >= 0.6 is 11.6 Å². The molecular formula is C24H21ClN2O3. The van der Waals surface area contributed by atoms with Gasteiger partial charge in [-0.3, -0.25) is 4.79 Å². The molecule has 0 saturated heterocycles. The third kappa shape index (κ3) is 5.69. The molecule has 3 rings (SSSR count). The summed E-state index contributed by atoms with van der Waals surface area (Å²) in [6.45, 7) is 0.0731. The van der Waals surface area contributed by atoms with Gasteiger partial charge in [0, 0.05) is 28.9 Å². The molecule has 0 aliphatic rings. The van der Waals surface area contributed by atoms with Gasteiger partial charge in [-0.15, -0.1) is 0 Å². The second kappa shape index (κ2) is 10.2. The normalized spacial score (nSPS) is 9.83. The molecule has 0 aliphatic carbocycles. The molecule has 0 bridgehead atoms. The number of hydrogen-bond acceptors (Lipinski definition) is 4. The molecule has 0 unspecified atom stereocenters. The van der Waals surface area contributed by atoms with E-state index in [1.54, 1.807) is 12.1 Å². The standard InChI is InChI=1S/C24H21ClN2O3/c1-29-22-15-21(23(30-2)14-20(22)25)27-24(28)16-26-19-10-6-9-18(13-19)12-11-17-7-4-3-5-8-17/h3-10,13-15,26H,16H2,1-2H3,(H,27,28). The molecule has 0 atom stereocenters. The maximum atomic E-state index is 12.4. The lowest BCUT2D eigenvalue weighted by atomic mass is 10.1. The molecule has 3 aromatic carbocycles. The lowest BCUT2D eigenvalue weighted by Gasteiger charge is -2.13. The Balaban J connectivity index is 1.64. The summed E-state index contributed by atoms with van der Waals surface area (Å²) in [5.74, 6) is 6.91. The second-order valence-corrected chi connectivity index (χ2v) is 6.69. The number of amides is 1. The Hall–Kier alpha value is -3.62. The van der Waals surface area contributed by atoms with Crippen molar-refractivity contribution in [2.45, 2.75) is 0 Å². The molecule has 0 saturated carbocycles. The first kappa shape index (κ1) is 21.1. The van der Waals surface area contributed by atoms with E-state index in [2.05, 4.69) is 22.5 Å². The molecule has 0 fully saturated rings. The fourth-order valence-corrected chi connectivity index (χ4v) is 2.94. The van der Waals surface area contributed by atoms with Crippen LogP contribution in [0.5, 0.6) is 11.5 Å². The Labute approximate surface area is 181 Å². The average Bonchev–Trinajstić information content (AvgIpc) is 2.78. The molecule has 5 nitrogen and oxygen atoms in total. The molecule has 0 heterocycles. The minimum atomic E-state index is -0.238. The molecule has 0 aliphatic heterocycles. The molecule has 0 spiro atoms. The Morgan fingerprint density at radius 3 is 2.33 bits per heavy atom. The van der Waals surface area contributed by atoms with Crippen LogP contribution in [0.3, 0.4) is 0 Å². The van der Waals surface area contributed by atoms with Crippen LogP contribution < -0.4 is 20.1 Å². The van der Waals surface area contributed by atoms with Gasteiger partial charge in [-0.25, -0.2) is 0 Å². The van der Waals surface area contributed by atoms with Crippen molar-refractivity contribution in [1.82, 2.24) is 0 Å². The van der Waals surface area contributed by atoms with Crippen LogP contribution in [0.1, 0.15) is 11.1 Å². The molecular weight excluding hydrogens is 400 g/mol. The van der Waals surface area contributed by atoms with Gasteiger partial charge in [0.05, 0.1) is 31.5 Å². The summed E-state index contributed by atoms with van der Waals surface area (Å²) >= 11 is 6.10. The summed E-state index contributed by atoms with van der Waals surface area (Å²) in [5.41, 5.74) is 3.08. The second-order valence-electron chi connectivity index (χ2n) is 6.29. The summed E-state index contributed by atoms with van der Waals surface area (Å²) in [7, 11) is 3.02. The van der Waals surface area contributed by atoms with E-state index in [-0.39, 0.29) is 12.5 Å². The Morgan fingerprint density at radius 1 is 0.900 bits per heavy atom. The lowest BCUT2D eigenvalue weighted by molar-refractivity contribution is -0.114. The van der Waals surface area contributed by atoms with Gasteiger partial charge in [0.25, 0.3) is 0 Å². The van der Waals surface area contributed by atoms with E-state index in [1.807, 2.05) is 54.6 Å². The number of ether oxygens (including phenoxy) is 2. The van der Waals surface area contributed by atoms with Crippen LogP contribution in [-0.4, -0.2) is 26.7 Å². The molecule has 30 heavy (non-hydrogen) atoms. The average molecular weight is 421 g/mol. The number of rotatable bonds is 6. The minimum absolute atomic E-state index is 0.0731. The first-order chi connectivity index (χ1) is 14.6. The zero-order chi connectivity index (χ0) is 21.3. The van der Waals surface area contributed by atoms with Gasteiger partial charge in [-0.1, -0.05) is 47.7 Å². The topological polar surface area (TPSA) is 59.6 Å². The Morgan fingerprint density at radius 2 is 1.60 bits per heavy atom. The zero-order valence-corrected chi connectivity index (χ0v) is 17.4. The largest absolute Gasteiger partial charge is 0.495 e. The smallest absolute Gasteiger partial charge is 0.243 e. The van der Waals surface area contributed by atoms with Gasteiger partial charge in [0.15, 0.2) is 0 Å². The maximum absolute atomic E-state index is 12.4. The number of carbonyl (C=O) groups excluding carboxylic acids is 1. The van der Waals surface area contributed by atoms with E-state index in [1.165, 1.54) is 14.2 Å². The van der Waals surface area contributed by atoms with Gasteiger partial charge in [0.1, 0.15) is 11.5 Å². The van der Waals surface area contributed by atoms with Crippen LogP contribution in [0.25, 0.3) is 0 Å². The van der Waals surface area contributed by atoms with Crippen LogP contribution in [0.2, 0.25) is 5.02 Å². The van der Waals surface area contributed by atoms with Crippen molar-refractivity contribution in [1.29, 1.82) is 0 Å². The predicted molar refractivity (Wildman–Crippen MR) is 121 cm³/mol. The van der Waals surface area contributed by atoms with Crippen LogP contribution in [0, 0.1) is 11.8 Å². The Bertz CT molecular complexity index is 1090. The monoisotopic (exact) mass is 420 g/mol. The van der Waals surface area contributed by atoms with Crippen LogP contribution in [0.15, 0.2) is 66.7 Å². The van der Waals surface area contributed by atoms with E-state index in [9.17, 15) is 4.79 Å². The van der Waals surface area contributed by atoms with Crippen molar-refractivity contribution in [3.8, 4) is 23.3 Å². The van der Waals surface area contributed by atoms with E-state index in [4.69, 9.17) is 21.1 Å². The number of anilines is 2. The summed E-state index contributed by atoms with van der Waals surface area (Å²) in [6, 6.07) is 20.6. The summed E-state index contributed by atoms with van der Waals surface area (Å²) in [4.78, 5) is 12.4. The number of benzene rings is 3. The number of methoxy groups -OCH3 is 2. The highest BCUT2D eigenvalue weighted by Crippen LogP contribution is 2.35. The first-order valence-electron chi connectivity index (χ1n) is 9.21. The van der Waals surface area contributed by atoms with Gasteiger partial charge in [-0.2, -0.15) is 0 Å². The fourth-order valence-electron chi connectivity index (χ4n) is 2.71. The molecule has 0 aromatic heterocycles. The van der Waals surface area contributed by atoms with Gasteiger partial charge < -0.3 is 20.1 Å². The molecule has 6 heteroatoms.